The lowest BCUT2D eigenvalue weighted by Crippen LogP contribution is -2.49. The molecule has 156 valence electrons. The maximum atomic E-state index is 12.6. The molecule has 1 aromatic carbocycles. The normalized spacial score (nSPS) is 15.2. The molecule has 0 bridgehead atoms. The number of pyridine rings is 1. The van der Waals surface area contributed by atoms with Gasteiger partial charge in [-0.1, -0.05) is 6.07 Å². The van der Waals surface area contributed by atoms with Crippen molar-refractivity contribution >= 4 is 5.91 Å². The van der Waals surface area contributed by atoms with E-state index in [4.69, 9.17) is 4.74 Å². The van der Waals surface area contributed by atoms with Gasteiger partial charge in [0.2, 0.25) is 0 Å². The zero-order valence-corrected chi connectivity index (χ0v) is 16.0. The third kappa shape index (κ3) is 5.83. The number of alkyl halides is 3. The number of ether oxygens (including phenoxy) is 2. The number of hydrogen-bond acceptors (Lipinski definition) is 5. The monoisotopic (exact) mass is 409 g/mol. The predicted molar refractivity (Wildman–Crippen MR) is 100.0 cm³/mol. The average Bonchev–Trinajstić information content (AvgIpc) is 2.71. The smallest absolute Gasteiger partial charge is 0.496 e. The van der Waals surface area contributed by atoms with Crippen LogP contribution in [0.2, 0.25) is 0 Å². The molecule has 0 atom stereocenters. The van der Waals surface area contributed by atoms with E-state index in [2.05, 4.69) is 14.6 Å². The maximum absolute atomic E-state index is 12.6. The Kier molecular flexibility index (Phi) is 6.58. The minimum Gasteiger partial charge on any atom is -0.496 e. The van der Waals surface area contributed by atoms with Crippen LogP contribution in [-0.2, 0) is 6.42 Å². The molecule has 9 heteroatoms. The van der Waals surface area contributed by atoms with Gasteiger partial charge in [-0.15, -0.1) is 13.2 Å². The molecular weight excluding hydrogens is 387 g/mol. The van der Waals surface area contributed by atoms with E-state index in [1.165, 1.54) is 18.2 Å². The fraction of sp³-hybridized carbons (Fsp3) is 0.400. The van der Waals surface area contributed by atoms with Crippen LogP contribution in [-0.4, -0.2) is 66.9 Å². The van der Waals surface area contributed by atoms with E-state index >= 15 is 0 Å². The van der Waals surface area contributed by atoms with Crippen molar-refractivity contribution in [2.75, 3.05) is 39.8 Å². The maximum Gasteiger partial charge on any atom is 0.573 e. The zero-order chi connectivity index (χ0) is 20.9. The fourth-order valence-corrected chi connectivity index (χ4v) is 3.26. The molecule has 2 aromatic rings. The Labute approximate surface area is 166 Å². The van der Waals surface area contributed by atoms with Crippen molar-refractivity contribution in [1.82, 2.24) is 14.8 Å². The molecule has 1 amide bonds. The van der Waals surface area contributed by atoms with Crippen LogP contribution in [0.1, 0.15) is 15.9 Å². The molecule has 0 spiro atoms. The van der Waals surface area contributed by atoms with Crippen LogP contribution < -0.4 is 9.47 Å². The minimum atomic E-state index is -4.79. The van der Waals surface area contributed by atoms with Crippen molar-refractivity contribution in [3.63, 3.8) is 0 Å². The van der Waals surface area contributed by atoms with Crippen molar-refractivity contribution in [3.05, 3.63) is 53.9 Å². The Bertz CT molecular complexity index is 837. The van der Waals surface area contributed by atoms with Crippen molar-refractivity contribution in [2.24, 2.45) is 0 Å². The number of halogens is 3. The number of carbonyl (C=O) groups excluding carboxylic acids is 1. The largest absolute Gasteiger partial charge is 0.573 e. The van der Waals surface area contributed by atoms with E-state index in [-0.39, 0.29) is 11.5 Å². The van der Waals surface area contributed by atoms with E-state index in [1.807, 2.05) is 6.07 Å². The molecule has 6 nitrogen and oxygen atoms in total. The van der Waals surface area contributed by atoms with Gasteiger partial charge in [-0.05, 0) is 30.7 Å². The molecule has 0 aliphatic carbocycles. The van der Waals surface area contributed by atoms with Crippen molar-refractivity contribution in [3.8, 4) is 11.5 Å². The zero-order valence-electron chi connectivity index (χ0n) is 16.0. The summed E-state index contributed by atoms with van der Waals surface area (Å²) in [5, 5.41) is 0. The lowest BCUT2D eigenvalue weighted by Gasteiger charge is -2.34. The van der Waals surface area contributed by atoms with Crippen molar-refractivity contribution in [1.29, 1.82) is 0 Å². The Balaban J connectivity index is 1.52. The summed E-state index contributed by atoms with van der Waals surface area (Å²) in [6.07, 6.45) is -0.540. The number of aromatic nitrogens is 1. The first-order valence-electron chi connectivity index (χ1n) is 9.20. The summed E-state index contributed by atoms with van der Waals surface area (Å²) in [7, 11) is 1.62. The molecule has 3 rings (SSSR count). The summed E-state index contributed by atoms with van der Waals surface area (Å²) in [6.45, 7) is 3.19. The van der Waals surface area contributed by atoms with E-state index < -0.39 is 12.1 Å². The molecule has 1 aliphatic rings. The van der Waals surface area contributed by atoms with Gasteiger partial charge in [-0.25, -0.2) is 0 Å². The number of piperazine rings is 1. The highest BCUT2D eigenvalue weighted by Crippen LogP contribution is 2.24. The molecule has 1 aromatic heterocycles. The number of carbonyl (C=O) groups is 1. The first kappa shape index (κ1) is 20.9. The van der Waals surface area contributed by atoms with Gasteiger partial charge in [0.1, 0.15) is 11.5 Å². The van der Waals surface area contributed by atoms with Crippen LogP contribution in [0.5, 0.6) is 11.5 Å². The van der Waals surface area contributed by atoms with Crippen LogP contribution in [0.3, 0.4) is 0 Å². The van der Waals surface area contributed by atoms with Gasteiger partial charge in [-0.3, -0.25) is 14.7 Å². The first-order valence-corrected chi connectivity index (χ1v) is 9.20. The SMILES string of the molecule is COc1ccncc1CCN1CCN(C(=O)c2cccc(OC(F)(F)F)c2)CC1. The predicted octanol–water partition coefficient (Wildman–Crippen LogP) is 2.99. The molecular formula is C20H22F3N3O3. The summed E-state index contributed by atoms with van der Waals surface area (Å²) in [6, 6.07) is 6.99. The Morgan fingerprint density at radius 2 is 1.93 bits per heavy atom. The summed E-state index contributed by atoms with van der Waals surface area (Å²) in [5.74, 6) is 0.105. The van der Waals surface area contributed by atoms with Crippen LogP contribution in [0.15, 0.2) is 42.7 Å². The van der Waals surface area contributed by atoms with Gasteiger partial charge >= 0.3 is 6.36 Å². The first-order chi connectivity index (χ1) is 13.9. The van der Waals surface area contributed by atoms with Crippen LogP contribution in [0, 0.1) is 0 Å². The molecule has 0 saturated carbocycles. The molecule has 0 unspecified atom stereocenters. The van der Waals surface area contributed by atoms with Crippen molar-refractivity contribution in [2.45, 2.75) is 12.8 Å². The van der Waals surface area contributed by atoms with Crippen LogP contribution >= 0.6 is 0 Å². The number of rotatable bonds is 6. The molecule has 1 aliphatic heterocycles. The van der Waals surface area contributed by atoms with Crippen LogP contribution in [0.4, 0.5) is 13.2 Å². The van der Waals surface area contributed by atoms with Gasteiger partial charge in [0, 0.05) is 56.2 Å². The number of hydrogen-bond donors (Lipinski definition) is 0. The highest BCUT2D eigenvalue weighted by Gasteiger charge is 2.31. The number of methoxy groups -OCH3 is 1. The Morgan fingerprint density at radius 1 is 1.17 bits per heavy atom. The number of benzene rings is 1. The molecule has 29 heavy (non-hydrogen) atoms. The molecule has 1 fully saturated rings. The lowest BCUT2D eigenvalue weighted by atomic mass is 10.1. The summed E-state index contributed by atoms with van der Waals surface area (Å²) in [4.78, 5) is 20.6. The van der Waals surface area contributed by atoms with E-state index in [0.29, 0.717) is 26.2 Å². The van der Waals surface area contributed by atoms with Gasteiger partial charge in [0.05, 0.1) is 7.11 Å². The Hall–Kier alpha value is -2.81. The second-order valence-electron chi connectivity index (χ2n) is 6.65. The van der Waals surface area contributed by atoms with Gasteiger partial charge in [0.25, 0.3) is 5.91 Å². The third-order valence-electron chi connectivity index (χ3n) is 4.75. The number of nitrogens with zero attached hydrogens (tertiary/aromatic N) is 3. The van der Waals surface area contributed by atoms with Gasteiger partial charge in [0.15, 0.2) is 0 Å². The highest BCUT2D eigenvalue weighted by molar-refractivity contribution is 5.94. The van der Waals surface area contributed by atoms with Gasteiger partial charge in [-0.2, -0.15) is 0 Å². The fourth-order valence-electron chi connectivity index (χ4n) is 3.26. The van der Waals surface area contributed by atoms with E-state index in [1.54, 1.807) is 24.4 Å². The summed E-state index contributed by atoms with van der Waals surface area (Å²) in [5.41, 5.74) is 1.20. The Morgan fingerprint density at radius 3 is 2.62 bits per heavy atom. The van der Waals surface area contributed by atoms with Gasteiger partial charge < -0.3 is 14.4 Å². The second-order valence-corrected chi connectivity index (χ2v) is 6.65. The molecule has 1 saturated heterocycles. The standard InChI is InChI=1S/C20H22F3N3O3/c1-28-18-5-7-24-14-16(18)6-8-25-9-11-26(12-10-25)19(27)15-3-2-4-17(13-15)29-20(21,22)23/h2-5,7,13-14H,6,8-12H2,1H3. The molecule has 2 heterocycles. The quantitative estimate of drug-likeness (QED) is 0.734. The minimum absolute atomic E-state index is 0.181. The summed E-state index contributed by atoms with van der Waals surface area (Å²) >= 11 is 0. The van der Waals surface area contributed by atoms with E-state index in [0.717, 1.165) is 30.3 Å². The van der Waals surface area contributed by atoms with Crippen LogP contribution in [0.25, 0.3) is 0 Å². The van der Waals surface area contributed by atoms with E-state index in [9.17, 15) is 18.0 Å². The average molecular weight is 409 g/mol. The number of amides is 1. The van der Waals surface area contributed by atoms with Crippen molar-refractivity contribution < 1.29 is 27.4 Å². The lowest BCUT2D eigenvalue weighted by molar-refractivity contribution is -0.274. The molecule has 0 radical (unpaired) electrons. The topological polar surface area (TPSA) is 54.9 Å². The third-order valence-corrected chi connectivity index (χ3v) is 4.75. The second kappa shape index (κ2) is 9.13. The summed E-state index contributed by atoms with van der Waals surface area (Å²) < 4.78 is 46.4. The molecule has 0 N–H and O–H groups in total. The highest BCUT2D eigenvalue weighted by atomic mass is 19.4.